The molecule has 0 saturated heterocycles. The van der Waals surface area contributed by atoms with Gasteiger partial charge in [0.1, 0.15) is 0 Å². The summed E-state index contributed by atoms with van der Waals surface area (Å²) in [7, 11) is 0. The van der Waals surface area contributed by atoms with E-state index < -0.39 is 0 Å². The van der Waals surface area contributed by atoms with Crippen molar-refractivity contribution in [3.05, 3.63) is 11.9 Å². The molecule has 0 aliphatic carbocycles. The zero-order chi connectivity index (χ0) is 11.8. The molecule has 0 unspecified atom stereocenters. The number of ether oxygens (including phenoxy) is 1. The average molecular weight is 226 g/mol. The molecule has 0 aliphatic rings. The number of hydrogen-bond acceptors (Lipinski definition) is 4. The average Bonchev–Trinajstić information content (AvgIpc) is 2.66. The highest BCUT2D eigenvalue weighted by atomic mass is 16.5. The molecular formula is C11H22N4O. The Morgan fingerprint density at radius 3 is 2.94 bits per heavy atom. The lowest BCUT2D eigenvalue weighted by atomic mass is 10.2. The third-order valence-corrected chi connectivity index (χ3v) is 2.24. The Bertz CT molecular complexity index is 285. The number of nitrogens with zero attached hydrogens (tertiary/aromatic N) is 3. The van der Waals surface area contributed by atoms with Crippen LogP contribution in [0, 0.1) is 0 Å². The maximum atomic E-state index is 5.45. The number of aryl methyl sites for hydroxylation is 1. The summed E-state index contributed by atoms with van der Waals surface area (Å²) >= 11 is 0. The molecule has 92 valence electrons. The van der Waals surface area contributed by atoms with Gasteiger partial charge in [-0.1, -0.05) is 5.21 Å². The molecule has 0 aromatic carbocycles. The van der Waals surface area contributed by atoms with E-state index >= 15 is 0 Å². The molecule has 0 saturated carbocycles. The van der Waals surface area contributed by atoms with Crippen LogP contribution in [0.5, 0.6) is 0 Å². The third-order valence-electron chi connectivity index (χ3n) is 2.24. The van der Waals surface area contributed by atoms with Gasteiger partial charge in [-0.25, -0.2) is 4.68 Å². The van der Waals surface area contributed by atoms with Gasteiger partial charge in [-0.2, -0.15) is 0 Å². The van der Waals surface area contributed by atoms with E-state index in [0.29, 0.717) is 6.61 Å². The molecule has 1 rings (SSSR count). The number of aromatic nitrogens is 3. The molecule has 16 heavy (non-hydrogen) atoms. The van der Waals surface area contributed by atoms with Gasteiger partial charge >= 0.3 is 0 Å². The molecule has 2 N–H and O–H groups in total. The minimum Gasteiger partial charge on any atom is -0.377 e. The Morgan fingerprint density at radius 1 is 1.44 bits per heavy atom. The van der Waals surface area contributed by atoms with Gasteiger partial charge in [-0.3, -0.25) is 0 Å². The molecule has 0 amide bonds. The minimum absolute atomic E-state index is 0.271. The first-order chi connectivity index (χ1) is 7.72. The van der Waals surface area contributed by atoms with Gasteiger partial charge in [-0.05, 0) is 39.7 Å². The van der Waals surface area contributed by atoms with Gasteiger partial charge in [0, 0.05) is 6.20 Å². The summed E-state index contributed by atoms with van der Waals surface area (Å²) in [6.45, 7) is 6.25. The van der Waals surface area contributed by atoms with Crippen molar-refractivity contribution in [1.82, 2.24) is 15.0 Å². The largest absolute Gasteiger partial charge is 0.377 e. The van der Waals surface area contributed by atoms with Crippen LogP contribution < -0.4 is 5.73 Å². The van der Waals surface area contributed by atoms with Gasteiger partial charge in [-0.15, -0.1) is 5.10 Å². The first kappa shape index (κ1) is 13.1. The topological polar surface area (TPSA) is 66.0 Å². The first-order valence-corrected chi connectivity index (χ1v) is 5.93. The Labute approximate surface area is 97.0 Å². The van der Waals surface area contributed by atoms with Crippen LogP contribution >= 0.6 is 0 Å². The summed E-state index contributed by atoms with van der Waals surface area (Å²) in [4.78, 5) is 0. The fourth-order valence-corrected chi connectivity index (χ4v) is 1.39. The molecule has 1 aromatic heterocycles. The van der Waals surface area contributed by atoms with Crippen LogP contribution in [0.3, 0.4) is 0 Å². The van der Waals surface area contributed by atoms with Crippen molar-refractivity contribution >= 4 is 0 Å². The minimum atomic E-state index is 0.271. The molecule has 1 aromatic rings. The second kappa shape index (κ2) is 7.35. The molecule has 0 aliphatic heterocycles. The lowest BCUT2D eigenvalue weighted by molar-refractivity contribution is 0.0707. The molecule has 0 radical (unpaired) electrons. The molecule has 0 atom stereocenters. The second-order valence-corrected chi connectivity index (χ2v) is 4.14. The van der Waals surface area contributed by atoms with Gasteiger partial charge in [0.05, 0.1) is 24.9 Å². The van der Waals surface area contributed by atoms with E-state index in [9.17, 15) is 0 Å². The van der Waals surface area contributed by atoms with Crippen LogP contribution in [0.1, 0.15) is 32.4 Å². The summed E-state index contributed by atoms with van der Waals surface area (Å²) in [6.07, 6.45) is 5.34. The standard InChI is InChI=1S/C11H22N4O/c1-10(2)16-8-7-15-9-11(13-14-15)5-3-4-6-12/h9-10H,3-8,12H2,1-2H3. The maximum absolute atomic E-state index is 5.45. The lowest BCUT2D eigenvalue weighted by Crippen LogP contribution is -2.10. The van der Waals surface area contributed by atoms with Crippen molar-refractivity contribution < 1.29 is 4.74 Å². The molecular weight excluding hydrogens is 204 g/mol. The fraction of sp³-hybridized carbons (Fsp3) is 0.818. The van der Waals surface area contributed by atoms with Gasteiger partial charge in [0.2, 0.25) is 0 Å². The summed E-state index contributed by atoms with van der Waals surface area (Å²) in [5, 5.41) is 8.15. The fourth-order valence-electron chi connectivity index (χ4n) is 1.39. The predicted octanol–water partition coefficient (Wildman–Crippen LogP) is 0.984. The summed E-state index contributed by atoms with van der Waals surface area (Å²) in [6, 6.07) is 0. The molecule has 5 nitrogen and oxygen atoms in total. The highest BCUT2D eigenvalue weighted by Gasteiger charge is 2.01. The molecule has 0 fully saturated rings. The third kappa shape index (κ3) is 5.23. The SMILES string of the molecule is CC(C)OCCn1cc(CCCCN)nn1. The normalized spacial score (nSPS) is 11.2. The van der Waals surface area contributed by atoms with Crippen LogP contribution in [0.2, 0.25) is 0 Å². The van der Waals surface area contributed by atoms with E-state index in [2.05, 4.69) is 10.3 Å². The number of hydrogen-bond donors (Lipinski definition) is 1. The molecule has 0 spiro atoms. The Balaban J connectivity index is 2.22. The van der Waals surface area contributed by atoms with Gasteiger partial charge < -0.3 is 10.5 Å². The maximum Gasteiger partial charge on any atom is 0.0827 e. The van der Waals surface area contributed by atoms with Crippen LogP contribution in [0.15, 0.2) is 6.20 Å². The van der Waals surface area contributed by atoms with Crippen molar-refractivity contribution in [1.29, 1.82) is 0 Å². The van der Waals surface area contributed by atoms with Crippen molar-refractivity contribution in [2.24, 2.45) is 5.73 Å². The smallest absolute Gasteiger partial charge is 0.0827 e. The van der Waals surface area contributed by atoms with Crippen molar-refractivity contribution in [3.8, 4) is 0 Å². The van der Waals surface area contributed by atoms with Crippen molar-refractivity contribution in [3.63, 3.8) is 0 Å². The summed E-state index contributed by atoms with van der Waals surface area (Å²) in [5.74, 6) is 0. The van der Waals surface area contributed by atoms with E-state index in [0.717, 1.165) is 38.0 Å². The lowest BCUT2D eigenvalue weighted by Gasteiger charge is -2.06. The first-order valence-electron chi connectivity index (χ1n) is 5.93. The zero-order valence-electron chi connectivity index (χ0n) is 10.2. The zero-order valence-corrected chi connectivity index (χ0v) is 10.2. The molecule has 1 heterocycles. The molecule has 5 heteroatoms. The Hall–Kier alpha value is -0.940. The van der Waals surface area contributed by atoms with E-state index in [4.69, 9.17) is 10.5 Å². The Morgan fingerprint density at radius 2 is 2.25 bits per heavy atom. The second-order valence-electron chi connectivity index (χ2n) is 4.14. The number of unbranched alkanes of at least 4 members (excludes halogenated alkanes) is 1. The quantitative estimate of drug-likeness (QED) is 0.671. The van der Waals surface area contributed by atoms with Crippen LogP contribution in [-0.2, 0) is 17.7 Å². The van der Waals surface area contributed by atoms with E-state index in [1.807, 2.05) is 24.7 Å². The van der Waals surface area contributed by atoms with Gasteiger partial charge in [0.25, 0.3) is 0 Å². The predicted molar refractivity (Wildman–Crippen MR) is 63.1 cm³/mol. The number of nitrogens with two attached hydrogens (primary N) is 1. The summed E-state index contributed by atoms with van der Waals surface area (Å²) < 4.78 is 7.28. The van der Waals surface area contributed by atoms with Crippen LogP contribution in [0.4, 0.5) is 0 Å². The van der Waals surface area contributed by atoms with Crippen LogP contribution in [0.25, 0.3) is 0 Å². The summed E-state index contributed by atoms with van der Waals surface area (Å²) in [5.41, 5.74) is 6.47. The van der Waals surface area contributed by atoms with E-state index in [1.54, 1.807) is 0 Å². The van der Waals surface area contributed by atoms with Crippen LogP contribution in [-0.4, -0.2) is 34.2 Å². The van der Waals surface area contributed by atoms with E-state index in [1.165, 1.54) is 0 Å². The van der Waals surface area contributed by atoms with E-state index in [-0.39, 0.29) is 6.10 Å². The monoisotopic (exact) mass is 226 g/mol. The number of rotatable bonds is 8. The highest BCUT2D eigenvalue weighted by molar-refractivity contribution is 4.92. The highest BCUT2D eigenvalue weighted by Crippen LogP contribution is 2.00. The molecule has 0 bridgehead atoms. The van der Waals surface area contributed by atoms with Gasteiger partial charge in [0.15, 0.2) is 0 Å². The van der Waals surface area contributed by atoms with Crippen molar-refractivity contribution in [2.45, 2.75) is 45.8 Å². The van der Waals surface area contributed by atoms with Crippen molar-refractivity contribution in [2.75, 3.05) is 13.2 Å². The Kier molecular flexibility index (Phi) is 6.03.